The van der Waals surface area contributed by atoms with Gasteiger partial charge in [0.15, 0.2) is 0 Å². The molecule has 0 unspecified atom stereocenters. The highest BCUT2D eigenvalue weighted by Gasteiger charge is 2.53. The number of hydrogen-bond acceptors (Lipinski definition) is 3. The standard InChI is InChI=1S/C16H15ClN2O/c17-12-7-5-11(6-8-12)16-14-4-2-1-3-13(14)15(20)19(16)10-9-18-16/h1-8,15,18,20H,9-10H2/t15-,16+/m1/s1. The lowest BCUT2D eigenvalue weighted by Gasteiger charge is -2.34. The van der Waals surface area contributed by atoms with Crippen molar-refractivity contribution in [1.82, 2.24) is 10.2 Å². The van der Waals surface area contributed by atoms with Crippen LogP contribution in [0.1, 0.15) is 22.9 Å². The molecule has 0 bridgehead atoms. The highest BCUT2D eigenvalue weighted by molar-refractivity contribution is 6.30. The predicted octanol–water partition coefficient (Wildman–Crippen LogP) is 2.45. The Balaban J connectivity index is 1.96. The second-order valence-corrected chi connectivity index (χ2v) is 5.73. The number of aliphatic hydroxyl groups excluding tert-OH is 1. The second-order valence-electron chi connectivity index (χ2n) is 5.30. The lowest BCUT2D eigenvalue weighted by molar-refractivity contribution is -0.0173. The third-order valence-electron chi connectivity index (χ3n) is 4.35. The number of hydrogen-bond donors (Lipinski definition) is 2. The summed E-state index contributed by atoms with van der Waals surface area (Å²) in [7, 11) is 0. The predicted molar refractivity (Wildman–Crippen MR) is 78.3 cm³/mol. The molecule has 2 N–H and O–H groups in total. The average molecular weight is 287 g/mol. The molecule has 20 heavy (non-hydrogen) atoms. The maximum absolute atomic E-state index is 10.6. The Hall–Kier alpha value is -1.39. The Kier molecular flexibility index (Phi) is 2.66. The van der Waals surface area contributed by atoms with E-state index in [9.17, 15) is 5.11 Å². The number of aliphatic hydroxyl groups is 1. The molecule has 4 rings (SSSR count). The van der Waals surface area contributed by atoms with Crippen molar-refractivity contribution in [3.63, 3.8) is 0 Å². The van der Waals surface area contributed by atoms with E-state index in [0.717, 1.165) is 34.8 Å². The molecule has 0 amide bonds. The smallest absolute Gasteiger partial charge is 0.135 e. The van der Waals surface area contributed by atoms with E-state index in [0.29, 0.717) is 0 Å². The van der Waals surface area contributed by atoms with Crippen molar-refractivity contribution < 1.29 is 5.11 Å². The highest BCUT2D eigenvalue weighted by Crippen LogP contribution is 2.49. The summed E-state index contributed by atoms with van der Waals surface area (Å²) in [6.45, 7) is 1.67. The normalized spacial score (nSPS) is 28.4. The lowest BCUT2D eigenvalue weighted by atomic mass is 9.91. The summed E-state index contributed by atoms with van der Waals surface area (Å²) in [5.74, 6) is 0. The van der Waals surface area contributed by atoms with E-state index in [1.165, 1.54) is 0 Å². The van der Waals surface area contributed by atoms with Gasteiger partial charge in [-0.2, -0.15) is 0 Å². The molecule has 102 valence electrons. The molecule has 2 heterocycles. The molecule has 2 aliphatic heterocycles. The van der Waals surface area contributed by atoms with Crippen LogP contribution in [0.15, 0.2) is 48.5 Å². The van der Waals surface area contributed by atoms with Crippen molar-refractivity contribution in [2.45, 2.75) is 11.9 Å². The summed E-state index contributed by atoms with van der Waals surface area (Å²) < 4.78 is 0. The minimum atomic E-state index is -0.558. The van der Waals surface area contributed by atoms with Crippen LogP contribution in [-0.4, -0.2) is 23.1 Å². The van der Waals surface area contributed by atoms with Gasteiger partial charge in [-0.15, -0.1) is 0 Å². The van der Waals surface area contributed by atoms with Crippen LogP contribution in [0.4, 0.5) is 0 Å². The van der Waals surface area contributed by atoms with Gasteiger partial charge >= 0.3 is 0 Å². The first-order valence-electron chi connectivity index (χ1n) is 6.79. The molecule has 2 atom stereocenters. The van der Waals surface area contributed by atoms with Gasteiger partial charge in [0.05, 0.1) is 0 Å². The number of benzene rings is 2. The zero-order valence-corrected chi connectivity index (χ0v) is 11.6. The fourth-order valence-corrected chi connectivity index (χ4v) is 3.64. The Morgan fingerprint density at radius 2 is 1.90 bits per heavy atom. The van der Waals surface area contributed by atoms with Crippen LogP contribution >= 0.6 is 11.6 Å². The Labute approximate surface area is 122 Å². The molecular weight excluding hydrogens is 272 g/mol. The number of nitrogens with one attached hydrogen (secondary N) is 1. The summed E-state index contributed by atoms with van der Waals surface area (Å²) >= 11 is 6.00. The summed E-state index contributed by atoms with van der Waals surface area (Å²) in [4.78, 5) is 2.11. The Morgan fingerprint density at radius 1 is 1.15 bits per heavy atom. The van der Waals surface area contributed by atoms with Gasteiger partial charge in [-0.25, -0.2) is 4.90 Å². The minimum Gasteiger partial charge on any atom is -0.374 e. The molecule has 0 radical (unpaired) electrons. The third kappa shape index (κ3) is 1.46. The molecule has 0 spiro atoms. The molecule has 2 aromatic rings. The van der Waals surface area contributed by atoms with Gasteiger partial charge in [-0.1, -0.05) is 48.0 Å². The molecule has 2 aliphatic rings. The first kappa shape index (κ1) is 12.4. The zero-order valence-electron chi connectivity index (χ0n) is 10.9. The molecular formula is C16H15ClN2O. The Morgan fingerprint density at radius 3 is 2.70 bits per heavy atom. The van der Waals surface area contributed by atoms with Gasteiger partial charge in [0.2, 0.25) is 0 Å². The van der Waals surface area contributed by atoms with Crippen LogP contribution in [0.2, 0.25) is 5.02 Å². The quantitative estimate of drug-likeness (QED) is 0.845. The van der Waals surface area contributed by atoms with Gasteiger partial charge in [-0.05, 0) is 23.3 Å². The summed E-state index contributed by atoms with van der Waals surface area (Å²) in [6.07, 6.45) is -0.558. The second kappa shape index (κ2) is 4.30. The van der Waals surface area contributed by atoms with E-state index >= 15 is 0 Å². The van der Waals surface area contributed by atoms with Crippen LogP contribution in [0.5, 0.6) is 0 Å². The van der Waals surface area contributed by atoms with Gasteiger partial charge in [0.1, 0.15) is 11.9 Å². The molecule has 1 saturated heterocycles. The first-order chi connectivity index (χ1) is 9.73. The number of rotatable bonds is 1. The van der Waals surface area contributed by atoms with Crippen molar-refractivity contribution in [2.75, 3.05) is 13.1 Å². The molecule has 0 aliphatic carbocycles. The van der Waals surface area contributed by atoms with Gasteiger partial charge in [-0.3, -0.25) is 5.32 Å². The highest BCUT2D eigenvalue weighted by atomic mass is 35.5. The molecule has 0 aromatic heterocycles. The van der Waals surface area contributed by atoms with E-state index in [1.54, 1.807) is 0 Å². The SMILES string of the molecule is O[C@@H]1c2ccccc2[C@@]2(c3ccc(Cl)cc3)NCCN12. The molecule has 3 nitrogen and oxygen atoms in total. The molecule has 1 fully saturated rings. The van der Waals surface area contributed by atoms with Gasteiger partial charge in [0, 0.05) is 23.7 Å². The lowest BCUT2D eigenvalue weighted by Crippen LogP contribution is -2.46. The average Bonchev–Trinajstić information content (AvgIpc) is 3.01. The topological polar surface area (TPSA) is 35.5 Å². The van der Waals surface area contributed by atoms with E-state index in [1.807, 2.05) is 42.5 Å². The largest absolute Gasteiger partial charge is 0.374 e. The zero-order chi connectivity index (χ0) is 13.7. The fourth-order valence-electron chi connectivity index (χ4n) is 3.52. The van der Waals surface area contributed by atoms with Crippen molar-refractivity contribution in [3.05, 3.63) is 70.2 Å². The molecule has 2 aromatic carbocycles. The van der Waals surface area contributed by atoms with E-state index < -0.39 is 11.9 Å². The van der Waals surface area contributed by atoms with Crippen LogP contribution in [0, 0.1) is 0 Å². The van der Waals surface area contributed by atoms with E-state index in [4.69, 9.17) is 11.6 Å². The van der Waals surface area contributed by atoms with Crippen LogP contribution < -0.4 is 5.32 Å². The van der Waals surface area contributed by atoms with E-state index in [2.05, 4.69) is 16.3 Å². The number of fused-ring (bicyclic) bond motifs is 3. The van der Waals surface area contributed by atoms with Crippen molar-refractivity contribution >= 4 is 11.6 Å². The number of nitrogens with zero attached hydrogens (tertiary/aromatic N) is 1. The summed E-state index contributed by atoms with van der Waals surface area (Å²) in [5.41, 5.74) is 2.80. The summed E-state index contributed by atoms with van der Waals surface area (Å²) in [6, 6.07) is 15.9. The van der Waals surface area contributed by atoms with Crippen LogP contribution in [-0.2, 0) is 5.66 Å². The maximum Gasteiger partial charge on any atom is 0.135 e. The first-order valence-corrected chi connectivity index (χ1v) is 7.16. The van der Waals surface area contributed by atoms with Crippen LogP contribution in [0.25, 0.3) is 0 Å². The van der Waals surface area contributed by atoms with Gasteiger partial charge in [0.25, 0.3) is 0 Å². The minimum absolute atomic E-state index is 0.430. The summed E-state index contributed by atoms with van der Waals surface area (Å²) in [5, 5.41) is 14.9. The Bertz CT molecular complexity index is 658. The van der Waals surface area contributed by atoms with Crippen LogP contribution in [0.3, 0.4) is 0 Å². The monoisotopic (exact) mass is 286 g/mol. The number of halogens is 1. The van der Waals surface area contributed by atoms with Gasteiger partial charge < -0.3 is 5.11 Å². The van der Waals surface area contributed by atoms with E-state index in [-0.39, 0.29) is 0 Å². The fraction of sp³-hybridized carbons (Fsp3) is 0.250. The molecule has 4 heteroatoms. The van der Waals surface area contributed by atoms with Crippen molar-refractivity contribution in [2.24, 2.45) is 0 Å². The molecule has 0 saturated carbocycles. The third-order valence-corrected chi connectivity index (χ3v) is 4.60. The van der Waals surface area contributed by atoms with Crippen molar-refractivity contribution in [3.8, 4) is 0 Å². The maximum atomic E-state index is 10.6. The van der Waals surface area contributed by atoms with Crippen molar-refractivity contribution in [1.29, 1.82) is 0 Å².